The van der Waals surface area contributed by atoms with Crippen LogP contribution >= 0.6 is 22.6 Å². The van der Waals surface area contributed by atoms with Gasteiger partial charge >= 0.3 is 0 Å². The van der Waals surface area contributed by atoms with Crippen molar-refractivity contribution in [3.8, 4) is 0 Å². The number of ether oxygens (including phenoxy) is 3. The van der Waals surface area contributed by atoms with Crippen LogP contribution < -0.4 is 21.7 Å². The van der Waals surface area contributed by atoms with Gasteiger partial charge in [0.1, 0.15) is 6.04 Å². The Morgan fingerprint density at radius 2 is 1.31 bits per heavy atom. The van der Waals surface area contributed by atoms with Crippen LogP contribution in [0.2, 0.25) is 0 Å². The van der Waals surface area contributed by atoms with E-state index in [0.717, 1.165) is 0 Å². The standard InChI is InChI=1S/C18H35IN4O6/c1-13(2)16(23-17(25)14(3)20)18(26)22-5-7-28-9-11-29-10-8-27-6-4-21-15(24)12-19/h13-14,16H,4-12,20H2,1-3H3,(H,21,24)(H,22,26)(H,23,25)/t14-,16-/m1/s1. The smallest absolute Gasteiger partial charge is 0.242 e. The highest BCUT2D eigenvalue weighted by molar-refractivity contribution is 14.1. The lowest BCUT2D eigenvalue weighted by molar-refractivity contribution is -0.130. The number of amides is 3. The molecule has 3 amide bonds. The van der Waals surface area contributed by atoms with Crippen molar-refractivity contribution in [3.05, 3.63) is 0 Å². The third kappa shape index (κ3) is 15.5. The summed E-state index contributed by atoms with van der Waals surface area (Å²) < 4.78 is 16.5. The van der Waals surface area contributed by atoms with Gasteiger partial charge in [0.25, 0.3) is 0 Å². The van der Waals surface area contributed by atoms with Crippen molar-refractivity contribution < 1.29 is 28.6 Å². The maximum absolute atomic E-state index is 12.2. The average Bonchev–Trinajstić information content (AvgIpc) is 2.68. The summed E-state index contributed by atoms with van der Waals surface area (Å²) in [5, 5.41) is 8.10. The molecule has 0 aliphatic heterocycles. The number of nitrogens with two attached hydrogens (primary N) is 1. The van der Waals surface area contributed by atoms with E-state index < -0.39 is 12.1 Å². The zero-order chi connectivity index (χ0) is 22.1. The maximum atomic E-state index is 12.2. The third-order valence-corrected chi connectivity index (χ3v) is 4.33. The van der Waals surface area contributed by atoms with E-state index in [4.69, 9.17) is 19.9 Å². The Morgan fingerprint density at radius 1 is 0.828 bits per heavy atom. The highest BCUT2D eigenvalue weighted by Crippen LogP contribution is 2.02. The van der Waals surface area contributed by atoms with Crippen molar-refractivity contribution in [2.75, 3.05) is 57.2 Å². The van der Waals surface area contributed by atoms with Crippen LogP contribution in [0, 0.1) is 5.92 Å². The topological polar surface area (TPSA) is 141 Å². The monoisotopic (exact) mass is 530 g/mol. The van der Waals surface area contributed by atoms with Crippen LogP contribution in [0.4, 0.5) is 0 Å². The molecular formula is C18H35IN4O6. The Morgan fingerprint density at radius 3 is 1.76 bits per heavy atom. The number of rotatable bonds is 17. The van der Waals surface area contributed by atoms with E-state index in [0.29, 0.717) is 57.2 Å². The molecule has 5 N–H and O–H groups in total. The van der Waals surface area contributed by atoms with E-state index in [-0.39, 0.29) is 23.6 Å². The molecule has 0 heterocycles. The first-order valence-corrected chi connectivity index (χ1v) is 11.2. The number of hydrogen-bond acceptors (Lipinski definition) is 7. The molecule has 2 atom stereocenters. The van der Waals surface area contributed by atoms with Gasteiger partial charge in [0.15, 0.2) is 0 Å². The number of carbonyl (C=O) groups excluding carboxylic acids is 3. The van der Waals surface area contributed by atoms with Crippen LogP contribution in [-0.4, -0.2) is 87.0 Å². The molecule has 0 spiro atoms. The second kappa shape index (κ2) is 17.8. The van der Waals surface area contributed by atoms with Gasteiger partial charge in [0, 0.05) is 13.1 Å². The lowest BCUT2D eigenvalue weighted by Gasteiger charge is -2.22. The molecule has 0 aromatic heterocycles. The van der Waals surface area contributed by atoms with Gasteiger partial charge in [0.05, 0.1) is 50.1 Å². The summed E-state index contributed by atoms with van der Waals surface area (Å²) in [6, 6.07) is -1.30. The van der Waals surface area contributed by atoms with E-state index in [9.17, 15) is 14.4 Å². The lowest BCUT2D eigenvalue weighted by atomic mass is 10.0. The molecule has 0 rings (SSSR count). The van der Waals surface area contributed by atoms with Gasteiger partial charge in [-0.05, 0) is 12.8 Å². The Labute approximate surface area is 186 Å². The van der Waals surface area contributed by atoms with Crippen molar-refractivity contribution in [2.45, 2.75) is 32.9 Å². The van der Waals surface area contributed by atoms with Crippen molar-refractivity contribution in [1.29, 1.82) is 0 Å². The van der Waals surface area contributed by atoms with Gasteiger partial charge < -0.3 is 35.9 Å². The van der Waals surface area contributed by atoms with Gasteiger partial charge in [-0.3, -0.25) is 14.4 Å². The van der Waals surface area contributed by atoms with Gasteiger partial charge in [-0.1, -0.05) is 36.4 Å². The summed E-state index contributed by atoms with van der Waals surface area (Å²) in [5.41, 5.74) is 5.52. The Bertz CT molecular complexity index is 479. The molecule has 0 unspecified atom stereocenters. The molecule has 10 nitrogen and oxygen atoms in total. The third-order valence-electron chi connectivity index (χ3n) is 3.64. The number of halogens is 1. The summed E-state index contributed by atoms with van der Waals surface area (Å²) >= 11 is 2.00. The van der Waals surface area contributed by atoms with Gasteiger partial charge in [-0.2, -0.15) is 0 Å². The van der Waals surface area contributed by atoms with Crippen LogP contribution in [0.5, 0.6) is 0 Å². The van der Waals surface area contributed by atoms with Crippen molar-refractivity contribution in [2.24, 2.45) is 11.7 Å². The molecule has 29 heavy (non-hydrogen) atoms. The number of nitrogens with one attached hydrogen (secondary N) is 3. The first-order chi connectivity index (χ1) is 13.8. The van der Waals surface area contributed by atoms with E-state index in [1.165, 1.54) is 0 Å². The van der Waals surface area contributed by atoms with Gasteiger partial charge in [0.2, 0.25) is 17.7 Å². The first-order valence-electron chi connectivity index (χ1n) is 9.69. The Hall–Kier alpha value is -1.02. The average molecular weight is 530 g/mol. The largest absolute Gasteiger partial charge is 0.377 e. The molecule has 0 aromatic rings. The molecule has 0 bridgehead atoms. The minimum Gasteiger partial charge on any atom is -0.377 e. The zero-order valence-corrected chi connectivity index (χ0v) is 19.7. The molecule has 170 valence electrons. The zero-order valence-electron chi connectivity index (χ0n) is 17.5. The molecule has 0 aliphatic rings. The lowest BCUT2D eigenvalue weighted by Crippen LogP contribution is -2.53. The summed E-state index contributed by atoms with van der Waals surface area (Å²) in [5.74, 6) is -0.687. The van der Waals surface area contributed by atoms with Crippen LogP contribution in [0.3, 0.4) is 0 Å². The molecule has 0 aromatic carbocycles. The summed E-state index contributed by atoms with van der Waals surface area (Å²) in [7, 11) is 0. The fraction of sp³-hybridized carbons (Fsp3) is 0.833. The number of alkyl halides is 1. The Kier molecular flexibility index (Phi) is 17.2. The van der Waals surface area contributed by atoms with Crippen LogP contribution in [0.1, 0.15) is 20.8 Å². The highest BCUT2D eigenvalue weighted by Gasteiger charge is 2.24. The predicted octanol–water partition coefficient (Wildman–Crippen LogP) is -0.808. The normalized spacial score (nSPS) is 13.0. The molecule has 11 heteroatoms. The number of hydrogen-bond donors (Lipinski definition) is 4. The summed E-state index contributed by atoms with van der Waals surface area (Å²) in [4.78, 5) is 34.9. The van der Waals surface area contributed by atoms with Crippen LogP contribution in [-0.2, 0) is 28.6 Å². The van der Waals surface area contributed by atoms with Crippen LogP contribution in [0.25, 0.3) is 0 Å². The molecule has 0 saturated carbocycles. The second-order valence-electron chi connectivity index (χ2n) is 6.63. The minimum atomic E-state index is -0.667. The molecular weight excluding hydrogens is 495 g/mol. The van der Waals surface area contributed by atoms with Crippen molar-refractivity contribution in [1.82, 2.24) is 16.0 Å². The fourth-order valence-corrected chi connectivity index (χ4v) is 2.30. The predicted molar refractivity (Wildman–Crippen MR) is 118 cm³/mol. The van der Waals surface area contributed by atoms with Gasteiger partial charge in [-0.25, -0.2) is 0 Å². The SMILES string of the molecule is CC(C)[C@@H](NC(=O)[C@@H](C)N)C(=O)NCCOCCOCCOCCNC(=O)CI. The molecule has 0 saturated heterocycles. The second-order valence-corrected chi connectivity index (χ2v) is 7.39. The molecule has 0 aliphatic carbocycles. The van der Waals surface area contributed by atoms with Crippen molar-refractivity contribution >= 4 is 40.3 Å². The highest BCUT2D eigenvalue weighted by atomic mass is 127. The Balaban J connectivity index is 3.62. The minimum absolute atomic E-state index is 0.00609. The van der Waals surface area contributed by atoms with Crippen molar-refractivity contribution in [3.63, 3.8) is 0 Å². The molecule has 0 fully saturated rings. The van der Waals surface area contributed by atoms with Gasteiger partial charge in [-0.15, -0.1) is 0 Å². The van der Waals surface area contributed by atoms with E-state index >= 15 is 0 Å². The summed E-state index contributed by atoms with van der Waals surface area (Å²) in [6.07, 6.45) is 0. The summed E-state index contributed by atoms with van der Waals surface area (Å²) in [6.45, 7) is 8.59. The number of carbonyl (C=O) groups is 3. The van der Waals surface area contributed by atoms with E-state index in [1.807, 2.05) is 36.4 Å². The molecule has 0 radical (unpaired) electrons. The quantitative estimate of drug-likeness (QED) is 0.110. The van der Waals surface area contributed by atoms with E-state index in [2.05, 4.69) is 16.0 Å². The maximum Gasteiger partial charge on any atom is 0.242 e. The van der Waals surface area contributed by atoms with E-state index in [1.54, 1.807) is 6.92 Å². The first kappa shape index (κ1) is 28.0. The fourth-order valence-electron chi connectivity index (χ4n) is 2.03. The van der Waals surface area contributed by atoms with Crippen LogP contribution in [0.15, 0.2) is 0 Å².